The van der Waals surface area contributed by atoms with Crippen molar-refractivity contribution in [2.45, 2.75) is 6.92 Å². The Morgan fingerprint density at radius 3 is 1.95 bits per heavy atom. The van der Waals surface area contributed by atoms with Crippen molar-refractivity contribution in [3.63, 3.8) is 0 Å². The van der Waals surface area contributed by atoms with E-state index < -0.39 is 11.8 Å². The van der Waals surface area contributed by atoms with Gasteiger partial charge < -0.3 is 14.2 Å². The molecule has 0 saturated carbocycles. The van der Waals surface area contributed by atoms with Crippen LogP contribution in [0.2, 0.25) is 0 Å². The fourth-order valence-corrected chi connectivity index (χ4v) is 1.73. The summed E-state index contributed by atoms with van der Waals surface area (Å²) >= 11 is 0. The first-order chi connectivity index (χ1) is 10.5. The molecule has 1 aromatic rings. The van der Waals surface area contributed by atoms with E-state index in [1.165, 1.54) is 33.5 Å². The normalized spacial score (nSPS) is 10.7. The van der Waals surface area contributed by atoms with Crippen LogP contribution in [0.3, 0.4) is 0 Å². The standard InChI is InChI=1S/C16H19NO5/c1-5-6-14(18)17-15(19)8-7-11-9-12(20-2)16(22-4)13(10-11)21-3/h5-10H,1-4H3,(H,17,18,19)/b6-5+,8-7+. The van der Waals surface area contributed by atoms with Crippen molar-refractivity contribution < 1.29 is 23.8 Å². The number of carbonyl (C=O) groups excluding carboxylic acids is 2. The van der Waals surface area contributed by atoms with Crippen molar-refractivity contribution in [2.24, 2.45) is 0 Å². The second-order valence-electron chi connectivity index (χ2n) is 4.15. The maximum atomic E-state index is 11.6. The molecule has 0 aromatic heterocycles. The summed E-state index contributed by atoms with van der Waals surface area (Å²) in [7, 11) is 4.52. The van der Waals surface area contributed by atoms with E-state index in [1.807, 2.05) is 0 Å². The largest absolute Gasteiger partial charge is 0.493 e. The van der Waals surface area contributed by atoms with Crippen molar-refractivity contribution in [1.82, 2.24) is 5.32 Å². The van der Waals surface area contributed by atoms with Gasteiger partial charge in [-0.2, -0.15) is 0 Å². The first kappa shape index (κ1) is 17.3. The van der Waals surface area contributed by atoms with Gasteiger partial charge in [0.25, 0.3) is 5.91 Å². The van der Waals surface area contributed by atoms with Gasteiger partial charge in [-0.05, 0) is 36.8 Å². The molecule has 1 rings (SSSR count). The third-order valence-electron chi connectivity index (χ3n) is 2.68. The van der Waals surface area contributed by atoms with Crippen LogP contribution in [0.15, 0.2) is 30.4 Å². The number of ether oxygens (including phenoxy) is 3. The summed E-state index contributed by atoms with van der Waals surface area (Å²) < 4.78 is 15.7. The molecule has 1 N–H and O–H groups in total. The van der Waals surface area contributed by atoms with Crippen LogP contribution < -0.4 is 19.5 Å². The number of methoxy groups -OCH3 is 3. The molecule has 0 radical (unpaired) electrons. The number of amides is 2. The van der Waals surface area contributed by atoms with Gasteiger partial charge in [0.1, 0.15) is 0 Å². The summed E-state index contributed by atoms with van der Waals surface area (Å²) in [5, 5.41) is 2.19. The van der Waals surface area contributed by atoms with Crippen LogP contribution in [-0.4, -0.2) is 33.1 Å². The Kier molecular flexibility index (Phi) is 6.69. The summed E-state index contributed by atoms with van der Waals surface area (Å²) in [4.78, 5) is 22.8. The molecule has 0 fully saturated rings. The third kappa shape index (κ3) is 4.66. The van der Waals surface area contributed by atoms with Crippen LogP contribution in [0.5, 0.6) is 17.2 Å². The van der Waals surface area contributed by atoms with E-state index in [-0.39, 0.29) is 0 Å². The SMILES string of the molecule is C/C=C/C(=O)NC(=O)/C=C/c1cc(OC)c(OC)c(OC)c1. The van der Waals surface area contributed by atoms with Crippen molar-refractivity contribution in [3.05, 3.63) is 35.9 Å². The van der Waals surface area contributed by atoms with E-state index in [0.29, 0.717) is 22.8 Å². The number of imide groups is 1. The smallest absolute Gasteiger partial charge is 0.250 e. The molecule has 0 atom stereocenters. The summed E-state index contributed by atoms with van der Waals surface area (Å²) in [6, 6.07) is 3.39. The molecule has 0 saturated heterocycles. The van der Waals surface area contributed by atoms with E-state index in [0.717, 1.165) is 0 Å². The predicted molar refractivity (Wildman–Crippen MR) is 83.1 cm³/mol. The van der Waals surface area contributed by atoms with Gasteiger partial charge >= 0.3 is 0 Å². The predicted octanol–water partition coefficient (Wildman–Crippen LogP) is 1.94. The molecule has 0 unspecified atom stereocenters. The van der Waals surface area contributed by atoms with Gasteiger partial charge in [0.15, 0.2) is 11.5 Å². The maximum Gasteiger partial charge on any atom is 0.250 e. The van der Waals surface area contributed by atoms with E-state index in [1.54, 1.807) is 31.2 Å². The lowest BCUT2D eigenvalue weighted by Crippen LogP contribution is -2.26. The molecule has 0 bridgehead atoms. The highest BCUT2D eigenvalue weighted by molar-refractivity contribution is 6.06. The quantitative estimate of drug-likeness (QED) is 0.813. The van der Waals surface area contributed by atoms with Gasteiger partial charge in [0, 0.05) is 6.08 Å². The Morgan fingerprint density at radius 1 is 0.955 bits per heavy atom. The summed E-state index contributed by atoms with van der Waals surface area (Å²) in [5.74, 6) is 0.438. The molecule has 0 aliphatic carbocycles. The first-order valence-electron chi connectivity index (χ1n) is 6.51. The van der Waals surface area contributed by atoms with E-state index in [2.05, 4.69) is 5.32 Å². The first-order valence-corrected chi connectivity index (χ1v) is 6.51. The highest BCUT2D eigenvalue weighted by Gasteiger charge is 2.12. The maximum absolute atomic E-state index is 11.6. The van der Waals surface area contributed by atoms with E-state index in [9.17, 15) is 9.59 Å². The van der Waals surface area contributed by atoms with Crippen molar-refractivity contribution in [2.75, 3.05) is 21.3 Å². The Balaban J connectivity index is 2.95. The van der Waals surface area contributed by atoms with Crippen molar-refractivity contribution in [1.29, 1.82) is 0 Å². The molecular formula is C16H19NO5. The van der Waals surface area contributed by atoms with Gasteiger partial charge in [-0.3, -0.25) is 14.9 Å². The highest BCUT2D eigenvalue weighted by Crippen LogP contribution is 2.38. The molecule has 6 nitrogen and oxygen atoms in total. The van der Waals surface area contributed by atoms with Gasteiger partial charge in [-0.25, -0.2) is 0 Å². The molecule has 0 spiro atoms. The zero-order chi connectivity index (χ0) is 16.5. The number of rotatable bonds is 6. The average molecular weight is 305 g/mol. The van der Waals surface area contributed by atoms with Crippen LogP contribution in [0.1, 0.15) is 12.5 Å². The molecule has 0 aliphatic rings. The Morgan fingerprint density at radius 2 is 1.50 bits per heavy atom. The second kappa shape index (κ2) is 8.51. The van der Waals surface area contributed by atoms with Gasteiger partial charge in [-0.15, -0.1) is 0 Å². The number of nitrogens with one attached hydrogen (secondary N) is 1. The molecule has 0 aliphatic heterocycles. The summed E-state index contributed by atoms with van der Waals surface area (Å²) in [6.45, 7) is 1.69. The summed E-state index contributed by atoms with van der Waals surface area (Å²) in [5.41, 5.74) is 0.670. The van der Waals surface area contributed by atoms with Crippen LogP contribution in [0.25, 0.3) is 6.08 Å². The number of benzene rings is 1. The van der Waals surface area contributed by atoms with E-state index in [4.69, 9.17) is 14.2 Å². The van der Waals surface area contributed by atoms with Gasteiger partial charge in [0.2, 0.25) is 11.7 Å². The van der Waals surface area contributed by atoms with Crippen molar-refractivity contribution in [3.8, 4) is 17.2 Å². The Hall–Kier alpha value is -2.76. The number of hydrogen-bond acceptors (Lipinski definition) is 5. The lowest BCUT2D eigenvalue weighted by atomic mass is 10.1. The molecular weight excluding hydrogens is 286 g/mol. The zero-order valence-corrected chi connectivity index (χ0v) is 13.0. The Bertz CT molecular complexity index is 580. The minimum absolute atomic E-state index is 0.467. The minimum Gasteiger partial charge on any atom is -0.493 e. The third-order valence-corrected chi connectivity index (χ3v) is 2.68. The molecule has 22 heavy (non-hydrogen) atoms. The Labute approximate surface area is 129 Å². The van der Waals surface area contributed by atoms with Crippen LogP contribution >= 0.6 is 0 Å². The van der Waals surface area contributed by atoms with Crippen molar-refractivity contribution >= 4 is 17.9 Å². The second-order valence-corrected chi connectivity index (χ2v) is 4.15. The molecule has 118 valence electrons. The summed E-state index contributed by atoms with van der Waals surface area (Å²) in [6.07, 6.45) is 5.61. The lowest BCUT2D eigenvalue weighted by molar-refractivity contribution is -0.125. The zero-order valence-electron chi connectivity index (χ0n) is 13.0. The van der Waals surface area contributed by atoms with Crippen LogP contribution in [0, 0.1) is 0 Å². The highest BCUT2D eigenvalue weighted by atomic mass is 16.5. The molecule has 2 amide bonds. The molecule has 6 heteroatoms. The lowest BCUT2D eigenvalue weighted by Gasteiger charge is -2.12. The molecule has 1 aromatic carbocycles. The fourth-order valence-electron chi connectivity index (χ4n) is 1.73. The van der Waals surface area contributed by atoms with Crippen LogP contribution in [0.4, 0.5) is 0 Å². The van der Waals surface area contributed by atoms with Crippen LogP contribution in [-0.2, 0) is 9.59 Å². The minimum atomic E-state index is -0.517. The molecule has 0 heterocycles. The monoisotopic (exact) mass is 305 g/mol. The topological polar surface area (TPSA) is 73.9 Å². The van der Waals surface area contributed by atoms with Gasteiger partial charge in [-0.1, -0.05) is 6.08 Å². The van der Waals surface area contributed by atoms with Gasteiger partial charge in [0.05, 0.1) is 21.3 Å². The number of allylic oxidation sites excluding steroid dienone is 1. The fraction of sp³-hybridized carbons (Fsp3) is 0.250. The number of hydrogen-bond donors (Lipinski definition) is 1. The number of carbonyl (C=O) groups is 2. The van der Waals surface area contributed by atoms with E-state index >= 15 is 0 Å². The average Bonchev–Trinajstić information content (AvgIpc) is 2.51.